The van der Waals surface area contributed by atoms with E-state index >= 15 is 0 Å². The standard InChI is InChI=1S/C16H20N2O4/c1-4-14(20)17-12-9-11(5-6-13(12)19)15(21)18-8-7-16(2,10-18)22-3/h4-6,9,19H,1,7-8,10H2,2-3H3,(H,17,20). The van der Waals surface area contributed by atoms with E-state index in [1.165, 1.54) is 18.2 Å². The number of amides is 2. The molecule has 1 saturated heterocycles. The lowest BCUT2D eigenvalue weighted by Crippen LogP contribution is -2.35. The largest absolute Gasteiger partial charge is 0.506 e. The first-order valence-electron chi connectivity index (χ1n) is 6.99. The summed E-state index contributed by atoms with van der Waals surface area (Å²) in [7, 11) is 1.64. The van der Waals surface area contributed by atoms with Crippen LogP contribution in [0, 0.1) is 0 Å². The summed E-state index contributed by atoms with van der Waals surface area (Å²) in [5.41, 5.74) is 0.258. The van der Waals surface area contributed by atoms with Crippen molar-refractivity contribution in [2.45, 2.75) is 18.9 Å². The zero-order chi connectivity index (χ0) is 16.3. The van der Waals surface area contributed by atoms with Crippen LogP contribution < -0.4 is 5.32 Å². The molecule has 0 bridgehead atoms. The Morgan fingerprint density at radius 2 is 2.23 bits per heavy atom. The van der Waals surface area contributed by atoms with Crippen molar-refractivity contribution in [2.24, 2.45) is 0 Å². The third-order valence-corrected chi connectivity index (χ3v) is 3.90. The van der Waals surface area contributed by atoms with E-state index in [-0.39, 0.29) is 22.9 Å². The van der Waals surface area contributed by atoms with Crippen LogP contribution in [0.25, 0.3) is 0 Å². The third kappa shape index (κ3) is 3.28. The number of methoxy groups -OCH3 is 1. The van der Waals surface area contributed by atoms with E-state index in [0.717, 1.165) is 12.5 Å². The summed E-state index contributed by atoms with van der Waals surface area (Å²) in [6, 6.07) is 4.38. The van der Waals surface area contributed by atoms with Crippen LogP contribution in [-0.4, -0.2) is 47.6 Å². The molecule has 1 aromatic carbocycles. The van der Waals surface area contributed by atoms with Crippen molar-refractivity contribution < 1.29 is 19.4 Å². The molecule has 2 amide bonds. The van der Waals surface area contributed by atoms with Crippen molar-refractivity contribution in [2.75, 3.05) is 25.5 Å². The molecule has 0 saturated carbocycles. The molecule has 1 atom stereocenters. The highest BCUT2D eigenvalue weighted by atomic mass is 16.5. The number of hydrogen-bond acceptors (Lipinski definition) is 4. The van der Waals surface area contributed by atoms with Gasteiger partial charge < -0.3 is 20.1 Å². The van der Waals surface area contributed by atoms with Crippen molar-refractivity contribution in [1.29, 1.82) is 0 Å². The van der Waals surface area contributed by atoms with Crippen LogP contribution in [-0.2, 0) is 9.53 Å². The molecule has 0 aromatic heterocycles. The van der Waals surface area contributed by atoms with Crippen LogP contribution in [0.4, 0.5) is 5.69 Å². The summed E-state index contributed by atoms with van der Waals surface area (Å²) in [6.45, 7) is 6.44. The smallest absolute Gasteiger partial charge is 0.254 e. The average Bonchev–Trinajstić information content (AvgIpc) is 2.92. The Bertz CT molecular complexity index is 614. The lowest BCUT2D eigenvalue weighted by Gasteiger charge is -2.23. The van der Waals surface area contributed by atoms with E-state index in [0.29, 0.717) is 18.7 Å². The van der Waals surface area contributed by atoms with Crippen molar-refractivity contribution >= 4 is 17.5 Å². The van der Waals surface area contributed by atoms with Gasteiger partial charge in [-0.3, -0.25) is 9.59 Å². The third-order valence-electron chi connectivity index (χ3n) is 3.90. The number of carbonyl (C=O) groups is 2. The summed E-state index contributed by atoms with van der Waals surface area (Å²) in [5, 5.41) is 12.2. The molecule has 22 heavy (non-hydrogen) atoms. The number of rotatable bonds is 4. The summed E-state index contributed by atoms with van der Waals surface area (Å²) < 4.78 is 5.42. The Morgan fingerprint density at radius 1 is 1.50 bits per heavy atom. The minimum Gasteiger partial charge on any atom is -0.506 e. The highest BCUT2D eigenvalue weighted by molar-refractivity contribution is 6.02. The number of anilines is 1. The van der Waals surface area contributed by atoms with E-state index < -0.39 is 5.91 Å². The maximum absolute atomic E-state index is 12.5. The fraction of sp³-hybridized carbons (Fsp3) is 0.375. The second-order valence-electron chi connectivity index (χ2n) is 5.56. The van der Waals surface area contributed by atoms with Crippen molar-refractivity contribution in [1.82, 2.24) is 4.90 Å². The minimum absolute atomic E-state index is 0.102. The van der Waals surface area contributed by atoms with Gasteiger partial charge in [0.25, 0.3) is 5.91 Å². The highest BCUT2D eigenvalue weighted by Crippen LogP contribution is 2.28. The first kappa shape index (κ1) is 16.0. The van der Waals surface area contributed by atoms with Gasteiger partial charge in [-0.05, 0) is 37.6 Å². The maximum atomic E-state index is 12.5. The van der Waals surface area contributed by atoms with Gasteiger partial charge >= 0.3 is 0 Å². The molecule has 1 aliphatic rings. The lowest BCUT2D eigenvalue weighted by molar-refractivity contribution is -0.111. The van der Waals surface area contributed by atoms with Crippen LogP contribution in [0.2, 0.25) is 0 Å². The van der Waals surface area contributed by atoms with Gasteiger partial charge in [-0.2, -0.15) is 0 Å². The van der Waals surface area contributed by atoms with E-state index in [1.54, 1.807) is 12.0 Å². The number of nitrogens with one attached hydrogen (secondary N) is 1. The van der Waals surface area contributed by atoms with Gasteiger partial charge in [-0.1, -0.05) is 6.58 Å². The predicted molar refractivity (Wildman–Crippen MR) is 82.9 cm³/mol. The number of aromatic hydroxyl groups is 1. The highest BCUT2D eigenvalue weighted by Gasteiger charge is 2.36. The molecule has 6 nitrogen and oxygen atoms in total. The molecule has 2 rings (SSSR count). The first-order chi connectivity index (χ1) is 10.4. The summed E-state index contributed by atoms with van der Waals surface area (Å²) in [6.07, 6.45) is 1.87. The van der Waals surface area contributed by atoms with Crippen LogP contribution in [0.3, 0.4) is 0 Å². The molecular weight excluding hydrogens is 284 g/mol. The SMILES string of the molecule is C=CC(=O)Nc1cc(C(=O)N2CCC(C)(OC)C2)ccc1O. The molecule has 1 unspecified atom stereocenters. The molecule has 1 fully saturated rings. The van der Waals surface area contributed by atoms with Crippen molar-refractivity contribution in [3.8, 4) is 5.75 Å². The van der Waals surface area contributed by atoms with Gasteiger partial charge in [-0.25, -0.2) is 0 Å². The minimum atomic E-state index is -0.451. The molecule has 118 valence electrons. The molecule has 0 radical (unpaired) electrons. The number of benzene rings is 1. The number of hydrogen-bond donors (Lipinski definition) is 2. The Kier molecular flexibility index (Phi) is 4.51. The van der Waals surface area contributed by atoms with Crippen LogP contribution in [0.1, 0.15) is 23.7 Å². The van der Waals surface area contributed by atoms with Gasteiger partial charge in [0.05, 0.1) is 11.3 Å². The zero-order valence-corrected chi connectivity index (χ0v) is 12.8. The molecule has 6 heteroatoms. The number of ether oxygens (including phenoxy) is 1. The van der Waals surface area contributed by atoms with Crippen molar-refractivity contribution in [3.63, 3.8) is 0 Å². The van der Waals surface area contributed by atoms with Crippen LogP contribution in [0.15, 0.2) is 30.9 Å². The fourth-order valence-electron chi connectivity index (χ4n) is 2.41. The molecule has 1 aliphatic heterocycles. The number of likely N-dealkylation sites (tertiary alicyclic amines) is 1. The normalized spacial score (nSPS) is 20.7. The fourth-order valence-corrected chi connectivity index (χ4v) is 2.41. The summed E-state index contributed by atoms with van der Waals surface area (Å²) in [5.74, 6) is -0.710. The monoisotopic (exact) mass is 304 g/mol. The van der Waals surface area contributed by atoms with E-state index in [4.69, 9.17) is 4.74 Å². The molecule has 0 aliphatic carbocycles. The molecule has 2 N–H and O–H groups in total. The quantitative estimate of drug-likeness (QED) is 0.656. The first-order valence-corrected chi connectivity index (χ1v) is 6.99. The number of nitrogens with zero attached hydrogens (tertiary/aromatic N) is 1. The lowest BCUT2D eigenvalue weighted by atomic mass is 10.1. The Morgan fingerprint density at radius 3 is 2.82 bits per heavy atom. The number of phenolic OH excluding ortho intramolecular Hbond substituents is 1. The average molecular weight is 304 g/mol. The van der Waals surface area contributed by atoms with Crippen LogP contribution >= 0.6 is 0 Å². The van der Waals surface area contributed by atoms with E-state index in [9.17, 15) is 14.7 Å². The molecule has 0 spiro atoms. The van der Waals surface area contributed by atoms with E-state index in [1.807, 2.05) is 6.92 Å². The number of phenols is 1. The van der Waals surface area contributed by atoms with Crippen molar-refractivity contribution in [3.05, 3.63) is 36.4 Å². The second kappa shape index (κ2) is 6.19. The molecule has 1 aromatic rings. The summed E-state index contributed by atoms with van der Waals surface area (Å²) in [4.78, 5) is 25.6. The summed E-state index contributed by atoms with van der Waals surface area (Å²) >= 11 is 0. The van der Waals surface area contributed by atoms with E-state index in [2.05, 4.69) is 11.9 Å². The Hall–Kier alpha value is -2.34. The van der Waals surface area contributed by atoms with Gasteiger partial charge in [-0.15, -0.1) is 0 Å². The Balaban J connectivity index is 2.19. The zero-order valence-electron chi connectivity index (χ0n) is 12.8. The molecular formula is C16H20N2O4. The predicted octanol–water partition coefficient (Wildman–Crippen LogP) is 1.77. The Labute approximate surface area is 129 Å². The van der Waals surface area contributed by atoms with Gasteiger partial charge in [0, 0.05) is 25.8 Å². The second-order valence-corrected chi connectivity index (χ2v) is 5.56. The van der Waals surface area contributed by atoms with Crippen LogP contribution in [0.5, 0.6) is 5.75 Å². The van der Waals surface area contributed by atoms with Gasteiger partial charge in [0.2, 0.25) is 5.91 Å². The maximum Gasteiger partial charge on any atom is 0.254 e. The topological polar surface area (TPSA) is 78.9 Å². The number of carbonyl (C=O) groups excluding carboxylic acids is 2. The molecule has 1 heterocycles. The van der Waals surface area contributed by atoms with Gasteiger partial charge in [0.1, 0.15) is 5.75 Å². The van der Waals surface area contributed by atoms with Gasteiger partial charge in [0.15, 0.2) is 0 Å².